The molecule has 1 N–H and O–H groups in total. The fourth-order valence-corrected chi connectivity index (χ4v) is 1.90. The van der Waals surface area contributed by atoms with Crippen molar-refractivity contribution < 1.29 is 19.4 Å². The van der Waals surface area contributed by atoms with Crippen LogP contribution in [0, 0.1) is 0 Å². The number of rotatable bonds is 4. The molecular weight excluding hydrogens is 246 g/mol. The maximum atomic E-state index is 11.9. The van der Waals surface area contributed by atoms with E-state index in [1.165, 1.54) is 0 Å². The van der Waals surface area contributed by atoms with Crippen LogP contribution in [0.25, 0.3) is 0 Å². The molecule has 5 nitrogen and oxygen atoms in total. The van der Waals surface area contributed by atoms with Crippen LogP contribution in [-0.4, -0.2) is 37.9 Å². The predicted molar refractivity (Wildman–Crippen MR) is 71.8 cm³/mol. The molecule has 1 aliphatic heterocycles. The standard InChI is InChI=1S/C14H19NO4/c1-15(14(17)4-2-7-16)11-5-6-12-13(10-11)19-9-3-8-18-12/h5-6,10,16H,2-4,7-9H2,1H3. The third kappa shape index (κ3) is 3.38. The van der Waals surface area contributed by atoms with E-state index in [0.717, 1.165) is 17.9 Å². The lowest BCUT2D eigenvalue weighted by molar-refractivity contribution is -0.118. The molecule has 104 valence electrons. The van der Waals surface area contributed by atoms with Gasteiger partial charge in [-0.05, 0) is 18.6 Å². The minimum absolute atomic E-state index is 0.0245. The zero-order valence-electron chi connectivity index (χ0n) is 11.1. The minimum Gasteiger partial charge on any atom is -0.490 e. The molecule has 0 fully saturated rings. The second-order valence-corrected chi connectivity index (χ2v) is 4.46. The molecule has 1 heterocycles. The Labute approximate surface area is 112 Å². The largest absolute Gasteiger partial charge is 0.490 e. The number of fused-ring (bicyclic) bond motifs is 1. The number of benzene rings is 1. The highest BCUT2D eigenvalue weighted by Gasteiger charge is 2.15. The Balaban J connectivity index is 2.12. The third-order valence-electron chi connectivity index (χ3n) is 3.04. The molecule has 2 rings (SSSR count). The first-order valence-electron chi connectivity index (χ1n) is 6.49. The van der Waals surface area contributed by atoms with Gasteiger partial charge < -0.3 is 19.5 Å². The van der Waals surface area contributed by atoms with Crippen LogP contribution in [0.15, 0.2) is 18.2 Å². The fraction of sp³-hybridized carbons (Fsp3) is 0.500. The van der Waals surface area contributed by atoms with Gasteiger partial charge in [0.2, 0.25) is 5.91 Å². The molecule has 0 bridgehead atoms. The summed E-state index contributed by atoms with van der Waals surface area (Å²) in [5, 5.41) is 8.75. The lowest BCUT2D eigenvalue weighted by atomic mass is 10.2. The first-order chi connectivity index (χ1) is 9.22. The van der Waals surface area contributed by atoms with Crippen molar-refractivity contribution >= 4 is 11.6 Å². The molecule has 0 aliphatic carbocycles. The average Bonchev–Trinajstić information content (AvgIpc) is 2.68. The van der Waals surface area contributed by atoms with Gasteiger partial charge in [-0.1, -0.05) is 0 Å². The number of hydrogen-bond acceptors (Lipinski definition) is 4. The zero-order valence-corrected chi connectivity index (χ0v) is 11.1. The van der Waals surface area contributed by atoms with E-state index in [0.29, 0.717) is 31.8 Å². The van der Waals surface area contributed by atoms with Gasteiger partial charge in [0.05, 0.1) is 13.2 Å². The Hall–Kier alpha value is -1.75. The summed E-state index contributed by atoms with van der Waals surface area (Å²) >= 11 is 0. The van der Waals surface area contributed by atoms with Crippen molar-refractivity contribution in [2.75, 3.05) is 31.8 Å². The molecule has 0 unspecified atom stereocenters. The Bertz CT molecular complexity index is 447. The number of aliphatic hydroxyl groups is 1. The number of amides is 1. The number of hydrogen-bond donors (Lipinski definition) is 1. The topological polar surface area (TPSA) is 59.0 Å². The summed E-state index contributed by atoms with van der Waals surface area (Å²) in [7, 11) is 1.72. The van der Waals surface area contributed by atoms with Crippen molar-refractivity contribution in [3.05, 3.63) is 18.2 Å². The normalized spacial score (nSPS) is 13.8. The number of nitrogens with zero attached hydrogens (tertiary/aromatic N) is 1. The van der Waals surface area contributed by atoms with E-state index in [2.05, 4.69) is 0 Å². The second-order valence-electron chi connectivity index (χ2n) is 4.46. The summed E-state index contributed by atoms with van der Waals surface area (Å²) in [6.45, 7) is 1.30. The minimum atomic E-state index is -0.0245. The highest BCUT2D eigenvalue weighted by Crippen LogP contribution is 2.33. The second kappa shape index (κ2) is 6.43. The summed E-state index contributed by atoms with van der Waals surface area (Å²) in [6, 6.07) is 5.48. The van der Waals surface area contributed by atoms with Gasteiger partial charge in [0, 0.05) is 38.2 Å². The first kappa shape index (κ1) is 13.7. The van der Waals surface area contributed by atoms with Crippen molar-refractivity contribution in [2.45, 2.75) is 19.3 Å². The highest BCUT2D eigenvalue weighted by atomic mass is 16.5. The van der Waals surface area contributed by atoms with Crippen molar-refractivity contribution in [1.82, 2.24) is 0 Å². The quantitative estimate of drug-likeness (QED) is 0.898. The molecule has 0 spiro atoms. The van der Waals surface area contributed by atoms with Gasteiger partial charge in [0.15, 0.2) is 11.5 Å². The van der Waals surface area contributed by atoms with Crippen LogP contribution in [0.5, 0.6) is 11.5 Å². The van der Waals surface area contributed by atoms with Gasteiger partial charge in [0.1, 0.15) is 0 Å². The lowest BCUT2D eigenvalue weighted by Crippen LogP contribution is -2.26. The number of carbonyl (C=O) groups is 1. The van der Waals surface area contributed by atoms with Crippen molar-refractivity contribution in [1.29, 1.82) is 0 Å². The first-order valence-corrected chi connectivity index (χ1v) is 6.49. The lowest BCUT2D eigenvalue weighted by Gasteiger charge is -2.18. The highest BCUT2D eigenvalue weighted by molar-refractivity contribution is 5.93. The van der Waals surface area contributed by atoms with Gasteiger partial charge in [-0.15, -0.1) is 0 Å². The van der Waals surface area contributed by atoms with Crippen molar-refractivity contribution in [3.8, 4) is 11.5 Å². The molecule has 0 saturated carbocycles. The van der Waals surface area contributed by atoms with Crippen LogP contribution in [-0.2, 0) is 4.79 Å². The van der Waals surface area contributed by atoms with E-state index in [1.807, 2.05) is 18.2 Å². The maximum absolute atomic E-state index is 11.9. The summed E-state index contributed by atoms with van der Waals surface area (Å²) in [4.78, 5) is 13.5. The molecule has 0 radical (unpaired) electrons. The monoisotopic (exact) mass is 265 g/mol. The van der Waals surface area contributed by atoms with Crippen LogP contribution in [0.1, 0.15) is 19.3 Å². The number of anilines is 1. The molecule has 1 aromatic carbocycles. The van der Waals surface area contributed by atoms with E-state index >= 15 is 0 Å². The van der Waals surface area contributed by atoms with Crippen LogP contribution in [0.2, 0.25) is 0 Å². The summed E-state index contributed by atoms with van der Waals surface area (Å²) in [5.41, 5.74) is 0.771. The molecule has 0 saturated heterocycles. The van der Waals surface area contributed by atoms with Gasteiger partial charge in [-0.3, -0.25) is 4.79 Å². The van der Waals surface area contributed by atoms with Gasteiger partial charge in [0.25, 0.3) is 0 Å². The molecule has 1 aliphatic rings. The van der Waals surface area contributed by atoms with Crippen LogP contribution in [0.4, 0.5) is 5.69 Å². The van der Waals surface area contributed by atoms with Crippen molar-refractivity contribution in [3.63, 3.8) is 0 Å². The van der Waals surface area contributed by atoms with E-state index < -0.39 is 0 Å². The molecule has 0 atom stereocenters. The predicted octanol–water partition coefficient (Wildman–Crippen LogP) is 1.58. The Morgan fingerprint density at radius 2 is 2.05 bits per heavy atom. The van der Waals surface area contributed by atoms with Crippen LogP contribution >= 0.6 is 0 Å². The summed E-state index contributed by atoms with van der Waals surface area (Å²) in [5.74, 6) is 1.37. The van der Waals surface area contributed by atoms with Gasteiger partial charge in [-0.2, -0.15) is 0 Å². The summed E-state index contributed by atoms with van der Waals surface area (Å²) in [6.07, 6.45) is 1.67. The Morgan fingerprint density at radius 3 is 2.79 bits per heavy atom. The maximum Gasteiger partial charge on any atom is 0.226 e. The van der Waals surface area contributed by atoms with Crippen LogP contribution < -0.4 is 14.4 Å². The molecule has 1 aromatic rings. The molecular formula is C14H19NO4. The van der Waals surface area contributed by atoms with E-state index in [4.69, 9.17) is 14.6 Å². The van der Waals surface area contributed by atoms with Crippen LogP contribution in [0.3, 0.4) is 0 Å². The van der Waals surface area contributed by atoms with Gasteiger partial charge in [-0.25, -0.2) is 0 Å². The van der Waals surface area contributed by atoms with E-state index in [1.54, 1.807) is 11.9 Å². The summed E-state index contributed by atoms with van der Waals surface area (Å²) < 4.78 is 11.1. The SMILES string of the molecule is CN(C(=O)CCCO)c1ccc2c(c1)OCCCO2. The third-order valence-corrected chi connectivity index (χ3v) is 3.04. The molecule has 19 heavy (non-hydrogen) atoms. The van der Waals surface area contributed by atoms with Crippen molar-refractivity contribution in [2.24, 2.45) is 0 Å². The number of aliphatic hydroxyl groups excluding tert-OH is 1. The Morgan fingerprint density at radius 1 is 1.32 bits per heavy atom. The fourth-order valence-electron chi connectivity index (χ4n) is 1.90. The zero-order chi connectivity index (χ0) is 13.7. The number of ether oxygens (including phenoxy) is 2. The number of carbonyl (C=O) groups excluding carboxylic acids is 1. The van der Waals surface area contributed by atoms with E-state index in [9.17, 15) is 4.79 Å². The molecule has 0 aromatic heterocycles. The van der Waals surface area contributed by atoms with Gasteiger partial charge >= 0.3 is 0 Å². The molecule has 5 heteroatoms. The average molecular weight is 265 g/mol. The van der Waals surface area contributed by atoms with E-state index in [-0.39, 0.29) is 12.5 Å². The smallest absolute Gasteiger partial charge is 0.226 e. The molecule has 1 amide bonds. The Kier molecular flexibility index (Phi) is 4.63.